The van der Waals surface area contributed by atoms with Gasteiger partial charge in [-0.1, -0.05) is 0 Å². The van der Waals surface area contributed by atoms with Crippen molar-refractivity contribution in [1.82, 2.24) is 15.2 Å². The van der Waals surface area contributed by atoms with E-state index in [0.29, 0.717) is 11.2 Å². The lowest BCUT2D eigenvalue weighted by molar-refractivity contribution is 0.315. The van der Waals surface area contributed by atoms with Gasteiger partial charge in [0.05, 0.1) is 11.4 Å². The summed E-state index contributed by atoms with van der Waals surface area (Å²) in [6.07, 6.45) is 2.64. The van der Waals surface area contributed by atoms with Crippen molar-refractivity contribution in [2.45, 2.75) is 12.8 Å². The largest absolute Gasteiger partial charge is 0.397 e. The molecule has 1 aromatic heterocycles. The summed E-state index contributed by atoms with van der Waals surface area (Å²) in [5.74, 6) is 0. The van der Waals surface area contributed by atoms with Crippen LogP contribution in [0, 0.1) is 0 Å². The maximum atomic E-state index is 5.85. The fourth-order valence-corrected chi connectivity index (χ4v) is 2.60. The van der Waals surface area contributed by atoms with Gasteiger partial charge in [0.25, 0.3) is 0 Å². The van der Waals surface area contributed by atoms with Crippen molar-refractivity contribution in [3.05, 3.63) is 12.1 Å². The minimum absolute atomic E-state index is 0.605. The molecule has 3 rings (SSSR count). The highest BCUT2D eigenvalue weighted by molar-refractivity contribution is 5.95. The normalized spacial score (nSPS) is 16.3. The number of hydrogen-bond donors (Lipinski definition) is 1. The summed E-state index contributed by atoms with van der Waals surface area (Å²) in [7, 11) is 2.07. The molecule has 0 radical (unpaired) electrons. The molecule has 6 nitrogen and oxygen atoms in total. The van der Waals surface area contributed by atoms with Gasteiger partial charge in [-0.25, -0.2) is 4.63 Å². The van der Waals surface area contributed by atoms with Gasteiger partial charge in [-0.2, -0.15) is 0 Å². The average Bonchev–Trinajstić information content (AvgIpc) is 3.08. The third-order valence-electron chi connectivity index (χ3n) is 3.79. The van der Waals surface area contributed by atoms with Gasteiger partial charge in [-0.05, 0) is 48.4 Å². The molecule has 19 heavy (non-hydrogen) atoms. The van der Waals surface area contributed by atoms with Crippen molar-refractivity contribution < 1.29 is 4.63 Å². The van der Waals surface area contributed by atoms with Crippen LogP contribution in [0.3, 0.4) is 0 Å². The molecule has 1 fully saturated rings. The molecule has 1 aliphatic rings. The van der Waals surface area contributed by atoms with Crippen LogP contribution in [0.5, 0.6) is 0 Å². The summed E-state index contributed by atoms with van der Waals surface area (Å²) < 4.78 is 4.80. The number of nitrogens with zero attached hydrogens (tertiary/aromatic N) is 4. The molecule has 2 N–H and O–H groups in total. The van der Waals surface area contributed by atoms with E-state index in [9.17, 15) is 0 Å². The molecule has 0 bridgehead atoms. The first-order valence-corrected chi connectivity index (χ1v) is 6.70. The van der Waals surface area contributed by atoms with Crippen LogP contribution < -0.4 is 10.6 Å². The predicted octanol–water partition coefficient (Wildman–Crippen LogP) is 1.34. The highest BCUT2D eigenvalue weighted by Gasteiger charge is 2.15. The predicted molar refractivity (Wildman–Crippen MR) is 75.2 cm³/mol. The molecule has 0 unspecified atom stereocenters. The quantitative estimate of drug-likeness (QED) is 0.837. The average molecular weight is 261 g/mol. The lowest BCUT2D eigenvalue weighted by atomic mass is 10.2. The summed E-state index contributed by atoms with van der Waals surface area (Å²) in [5.41, 5.74) is 8.86. The first kappa shape index (κ1) is 12.2. The van der Waals surface area contributed by atoms with Crippen LogP contribution in [0.15, 0.2) is 16.8 Å². The summed E-state index contributed by atoms with van der Waals surface area (Å²) in [5, 5.41) is 7.81. The number of likely N-dealkylation sites (tertiary alicyclic amines) is 1. The van der Waals surface area contributed by atoms with Crippen LogP contribution in [0.25, 0.3) is 11.0 Å². The second-order valence-corrected chi connectivity index (χ2v) is 5.11. The zero-order valence-corrected chi connectivity index (χ0v) is 11.2. The second-order valence-electron chi connectivity index (χ2n) is 5.11. The van der Waals surface area contributed by atoms with E-state index in [1.807, 2.05) is 12.1 Å². The third-order valence-corrected chi connectivity index (χ3v) is 3.79. The number of nitrogens with two attached hydrogens (primary N) is 1. The van der Waals surface area contributed by atoms with Gasteiger partial charge in [0.1, 0.15) is 0 Å². The summed E-state index contributed by atoms with van der Waals surface area (Å²) in [4.78, 5) is 4.68. The Bertz CT molecular complexity index is 561. The summed E-state index contributed by atoms with van der Waals surface area (Å²) in [6.45, 7) is 4.48. The minimum atomic E-state index is 0.605. The Kier molecular flexibility index (Phi) is 3.25. The zero-order valence-electron chi connectivity index (χ0n) is 11.2. The van der Waals surface area contributed by atoms with Crippen LogP contribution in [0.1, 0.15) is 12.8 Å². The van der Waals surface area contributed by atoms with Gasteiger partial charge in [0.15, 0.2) is 11.0 Å². The zero-order chi connectivity index (χ0) is 13.2. The standard InChI is InChI=1S/C13H19N5O/c1-17(8-9-18-6-2-3-7-18)11-5-4-10(14)12-13(11)16-19-15-12/h4-5H,2-3,6-9,14H2,1H3. The van der Waals surface area contributed by atoms with Crippen molar-refractivity contribution in [3.63, 3.8) is 0 Å². The topological polar surface area (TPSA) is 71.4 Å². The number of hydrogen-bond acceptors (Lipinski definition) is 6. The van der Waals surface area contributed by atoms with Gasteiger partial charge in [0.2, 0.25) is 0 Å². The Balaban J connectivity index is 1.75. The highest BCUT2D eigenvalue weighted by Crippen LogP contribution is 2.27. The van der Waals surface area contributed by atoms with E-state index in [0.717, 1.165) is 24.3 Å². The Morgan fingerprint density at radius 2 is 2.00 bits per heavy atom. The van der Waals surface area contributed by atoms with E-state index in [4.69, 9.17) is 10.4 Å². The van der Waals surface area contributed by atoms with E-state index in [1.165, 1.54) is 25.9 Å². The molecule has 2 aromatic rings. The van der Waals surface area contributed by atoms with Gasteiger partial charge < -0.3 is 15.5 Å². The molecule has 0 atom stereocenters. The molecule has 102 valence electrons. The summed E-state index contributed by atoms with van der Waals surface area (Å²) in [6, 6.07) is 3.83. The van der Waals surface area contributed by atoms with E-state index in [2.05, 4.69) is 27.2 Å². The number of likely N-dealkylation sites (N-methyl/N-ethyl adjacent to an activating group) is 1. The Hall–Kier alpha value is -1.82. The van der Waals surface area contributed by atoms with Crippen LogP contribution in [-0.4, -0.2) is 48.4 Å². The number of fused-ring (bicyclic) bond motifs is 1. The molecule has 0 aliphatic carbocycles. The van der Waals surface area contributed by atoms with Gasteiger partial charge in [0, 0.05) is 20.1 Å². The molecule has 1 aliphatic heterocycles. The maximum absolute atomic E-state index is 5.85. The van der Waals surface area contributed by atoms with E-state index in [-0.39, 0.29) is 0 Å². The molecule has 6 heteroatoms. The number of aromatic nitrogens is 2. The van der Waals surface area contributed by atoms with E-state index >= 15 is 0 Å². The fourth-order valence-electron chi connectivity index (χ4n) is 2.60. The molecule has 0 amide bonds. The van der Waals surface area contributed by atoms with Crippen LogP contribution in [-0.2, 0) is 0 Å². The number of nitrogen functional groups attached to an aromatic ring is 1. The molecule has 0 saturated carbocycles. The van der Waals surface area contributed by atoms with Crippen molar-refractivity contribution in [1.29, 1.82) is 0 Å². The molecule has 1 aromatic carbocycles. The first-order chi connectivity index (χ1) is 9.25. The number of anilines is 2. The lowest BCUT2D eigenvalue weighted by Gasteiger charge is -2.23. The number of rotatable bonds is 4. The Morgan fingerprint density at radius 3 is 2.79 bits per heavy atom. The SMILES string of the molecule is CN(CCN1CCCC1)c1ccc(N)c2nonc12. The second kappa shape index (κ2) is 5.05. The molecular weight excluding hydrogens is 242 g/mol. The Morgan fingerprint density at radius 1 is 1.26 bits per heavy atom. The summed E-state index contributed by atoms with van der Waals surface area (Å²) >= 11 is 0. The van der Waals surface area contributed by atoms with Gasteiger partial charge in [-0.3, -0.25) is 0 Å². The lowest BCUT2D eigenvalue weighted by Crippen LogP contribution is -2.31. The van der Waals surface area contributed by atoms with Gasteiger partial charge in [-0.15, -0.1) is 0 Å². The minimum Gasteiger partial charge on any atom is -0.397 e. The molecule has 0 spiro atoms. The van der Waals surface area contributed by atoms with Gasteiger partial charge >= 0.3 is 0 Å². The van der Waals surface area contributed by atoms with Crippen LogP contribution in [0.2, 0.25) is 0 Å². The van der Waals surface area contributed by atoms with Crippen molar-refractivity contribution in [2.24, 2.45) is 0 Å². The molecule has 2 heterocycles. The van der Waals surface area contributed by atoms with Crippen molar-refractivity contribution in [2.75, 3.05) is 43.9 Å². The monoisotopic (exact) mass is 261 g/mol. The first-order valence-electron chi connectivity index (χ1n) is 6.70. The molecule has 1 saturated heterocycles. The number of benzene rings is 1. The Labute approximate surface area is 112 Å². The van der Waals surface area contributed by atoms with Crippen LogP contribution >= 0.6 is 0 Å². The van der Waals surface area contributed by atoms with Crippen molar-refractivity contribution in [3.8, 4) is 0 Å². The fraction of sp³-hybridized carbons (Fsp3) is 0.538. The van der Waals surface area contributed by atoms with E-state index in [1.54, 1.807) is 0 Å². The van der Waals surface area contributed by atoms with Crippen molar-refractivity contribution >= 4 is 22.4 Å². The third kappa shape index (κ3) is 2.35. The highest BCUT2D eigenvalue weighted by atomic mass is 16.6. The smallest absolute Gasteiger partial charge is 0.160 e. The van der Waals surface area contributed by atoms with Crippen LogP contribution in [0.4, 0.5) is 11.4 Å². The van der Waals surface area contributed by atoms with E-state index < -0.39 is 0 Å². The molecular formula is C13H19N5O. The maximum Gasteiger partial charge on any atom is 0.160 e.